The molecule has 0 saturated heterocycles. The third kappa shape index (κ3) is 43.0. The third-order valence-electron chi connectivity index (χ3n) is 15.6. The Morgan fingerprint density at radius 3 is 0.414 bits per heavy atom. The van der Waals surface area contributed by atoms with Crippen molar-refractivity contribution in [2.45, 2.75) is 371 Å². The van der Waals surface area contributed by atoms with Gasteiger partial charge in [0.2, 0.25) is 0 Å². The predicted molar refractivity (Wildman–Crippen MR) is 295 cm³/mol. The van der Waals surface area contributed by atoms with E-state index in [9.17, 15) is 29.7 Å². The van der Waals surface area contributed by atoms with Crippen molar-refractivity contribution >= 4 is 17.9 Å². The predicted octanol–water partition coefficient (Wildman–Crippen LogP) is 18.1. The molecule has 0 aromatic heterocycles. The van der Waals surface area contributed by atoms with E-state index < -0.39 is 34.2 Å². The molecule has 0 saturated carbocycles. The molecule has 0 spiro atoms. The Labute approximate surface area is 471 Å². The molecule has 0 aliphatic heterocycles. The van der Waals surface area contributed by atoms with Gasteiger partial charge in [-0.2, -0.15) is 0 Å². The summed E-state index contributed by atoms with van der Waals surface area (Å²) in [6.07, 6.45) is 53.1. The minimum Gasteiger partial charge on any atom is -0.550 e. The number of carboxylic acid groups (broad SMARTS) is 3. The van der Waals surface area contributed by atoms with Crippen molar-refractivity contribution in [2.75, 3.05) is 0 Å². The Hall–Kier alpha value is -0.239. The summed E-state index contributed by atoms with van der Waals surface area (Å²) in [5.74, 6) is -2.33. The first-order valence-corrected chi connectivity index (χ1v) is 31.0. The molecule has 6 nitrogen and oxygen atoms in total. The maximum absolute atomic E-state index is 12.0. The summed E-state index contributed by atoms with van der Waals surface area (Å²) in [5, 5.41) is 35.9. The molecule has 70 heavy (non-hydrogen) atoms. The van der Waals surface area contributed by atoms with Gasteiger partial charge < -0.3 is 29.7 Å². The van der Waals surface area contributed by atoms with Gasteiger partial charge in [-0.15, -0.1) is 0 Å². The van der Waals surface area contributed by atoms with Gasteiger partial charge in [-0.3, -0.25) is 0 Å². The number of hydrogen-bond acceptors (Lipinski definition) is 6. The minimum atomic E-state index is -0.777. The fourth-order valence-corrected chi connectivity index (χ4v) is 10.6. The molecule has 0 aliphatic carbocycles. The molecule has 7 heteroatoms. The molecule has 0 aromatic rings. The molecule has 1 radical (unpaired) electrons. The van der Waals surface area contributed by atoms with E-state index in [1.54, 1.807) is 0 Å². The summed E-state index contributed by atoms with van der Waals surface area (Å²) in [5.41, 5.74) is -1.64. The van der Waals surface area contributed by atoms with Crippen LogP contribution in [0.3, 0.4) is 0 Å². The van der Waals surface area contributed by atoms with Gasteiger partial charge in [0.1, 0.15) is 0 Å². The standard InChI is InChI=1S/3C21H42O2.Nd/c3*1-4-7-10-13-16-19-21(20(22)23,17-14-11-8-5-2)18-15-12-9-6-3;/h3*4-19H2,1-3H3,(H,22,23);/q;;;+3/p-3. The molecule has 0 atom stereocenters. The zero-order chi connectivity index (χ0) is 52.2. The van der Waals surface area contributed by atoms with Crippen LogP contribution in [0.2, 0.25) is 0 Å². The number of carbonyl (C=O) groups is 3. The molecule has 0 rings (SSSR count). The Balaban J connectivity index is -0.000000463. The normalized spacial score (nSPS) is 11.6. The summed E-state index contributed by atoms with van der Waals surface area (Å²) in [4.78, 5) is 35.9. The smallest absolute Gasteiger partial charge is 0.550 e. The molecular weight excluding hydrogens is 997 g/mol. The summed E-state index contributed by atoms with van der Waals surface area (Å²) in [6.45, 7) is 19.8. The first kappa shape index (κ1) is 76.3. The van der Waals surface area contributed by atoms with E-state index in [0.29, 0.717) is 0 Å². The van der Waals surface area contributed by atoms with Crippen molar-refractivity contribution in [1.29, 1.82) is 0 Å². The molecule has 0 fully saturated rings. The van der Waals surface area contributed by atoms with Crippen LogP contribution < -0.4 is 15.3 Å². The van der Waals surface area contributed by atoms with Crippen LogP contribution >= 0.6 is 0 Å². The van der Waals surface area contributed by atoms with E-state index in [-0.39, 0.29) is 40.8 Å². The maximum atomic E-state index is 12.0. The molecule has 0 aromatic carbocycles. The summed E-state index contributed by atoms with van der Waals surface area (Å²) >= 11 is 0. The third-order valence-corrected chi connectivity index (χ3v) is 15.6. The molecule has 415 valence electrons. The Morgan fingerprint density at radius 1 is 0.214 bits per heavy atom. The van der Waals surface area contributed by atoms with Crippen LogP contribution in [0.5, 0.6) is 0 Å². The average molecular weight is 1120 g/mol. The van der Waals surface area contributed by atoms with Crippen molar-refractivity contribution in [1.82, 2.24) is 0 Å². The van der Waals surface area contributed by atoms with Gasteiger partial charge in [0, 0.05) is 34.2 Å². The van der Waals surface area contributed by atoms with E-state index in [2.05, 4.69) is 62.3 Å². The summed E-state index contributed by atoms with van der Waals surface area (Å²) in [7, 11) is 0. The van der Waals surface area contributed by atoms with E-state index in [4.69, 9.17) is 0 Å². The van der Waals surface area contributed by atoms with Crippen LogP contribution in [0, 0.1) is 57.1 Å². The first-order chi connectivity index (χ1) is 33.4. The number of unbranched alkanes of at least 4 members (excludes halogenated alkanes) is 30. The minimum absolute atomic E-state index is 0. The van der Waals surface area contributed by atoms with Gasteiger partial charge in [-0.1, -0.05) is 313 Å². The van der Waals surface area contributed by atoms with E-state index in [1.165, 1.54) is 154 Å². The van der Waals surface area contributed by atoms with Gasteiger partial charge in [0.25, 0.3) is 0 Å². The molecule has 0 unspecified atom stereocenters. The number of carbonyl (C=O) groups excluding carboxylic acids is 3. The molecule has 0 N–H and O–H groups in total. The van der Waals surface area contributed by atoms with E-state index in [0.717, 1.165) is 154 Å². The topological polar surface area (TPSA) is 120 Å². The second kappa shape index (κ2) is 56.5. The summed E-state index contributed by atoms with van der Waals surface area (Å²) < 4.78 is 0. The van der Waals surface area contributed by atoms with Crippen LogP contribution in [-0.4, -0.2) is 17.9 Å². The molecular formula is C63H123NdO6. The van der Waals surface area contributed by atoms with Crippen molar-refractivity contribution in [2.24, 2.45) is 16.2 Å². The second-order valence-electron chi connectivity index (χ2n) is 22.1. The maximum Gasteiger partial charge on any atom is 3.00 e. The number of aliphatic carboxylic acids is 3. The zero-order valence-corrected chi connectivity index (χ0v) is 52.1. The molecule has 0 bridgehead atoms. The van der Waals surface area contributed by atoms with E-state index >= 15 is 0 Å². The zero-order valence-electron chi connectivity index (χ0n) is 48.9. The van der Waals surface area contributed by atoms with Crippen LogP contribution in [0.15, 0.2) is 0 Å². The quantitative estimate of drug-likeness (QED) is 0.0560. The number of hydrogen-bond donors (Lipinski definition) is 0. The van der Waals surface area contributed by atoms with Crippen LogP contribution in [-0.2, 0) is 14.4 Å². The fraction of sp³-hybridized carbons (Fsp3) is 0.952. The van der Waals surface area contributed by atoms with Crippen molar-refractivity contribution in [3.05, 3.63) is 0 Å². The van der Waals surface area contributed by atoms with Crippen molar-refractivity contribution < 1.29 is 70.5 Å². The van der Waals surface area contributed by atoms with Gasteiger partial charge >= 0.3 is 40.8 Å². The SMILES string of the molecule is CCCCCCCC(CCCCCC)(CCCCCC)C(=O)[O-].CCCCCCCC(CCCCCC)(CCCCCC)C(=O)[O-].CCCCCCCC(CCCCCC)(CCCCCC)C(=O)[O-].[Nd+3]. The van der Waals surface area contributed by atoms with Gasteiger partial charge in [0.05, 0.1) is 0 Å². The van der Waals surface area contributed by atoms with Crippen molar-refractivity contribution in [3.8, 4) is 0 Å². The van der Waals surface area contributed by atoms with Gasteiger partial charge in [-0.05, 0) is 57.8 Å². The first-order valence-electron chi connectivity index (χ1n) is 31.0. The monoisotopic (exact) mass is 1120 g/mol. The Kier molecular flexibility index (Phi) is 61.5. The second-order valence-corrected chi connectivity index (χ2v) is 22.1. The van der Waals surface area contributed by atoms with Gasteiger partial charge in [0.15, 0.2) is 0 Å². The van der Waals surface area contributed by atoms with Crippen molar-refractivity contribution in [3.63, 3.8) is 0 Å². The Bertz CT molecular complexity index is 924. The largest absolute Gasteiger partial charge is 3.00 e. The van der Waals surface area contributed by atoms with E-state index in [1.807, 2.05) is 0 Å². The van der Waals surface area contributed by atoms with Crippen LogP contribution in [0.25, 0.3) is 0 Å². The van der Waals surface area contributed by atoms with Crippen LogP contribution in [0.1, 0.15) is 371 Å². The average Bonchev–Trinajstić information content (AvgIpc) is 3.33. The van der Waals surface area contributed by atoms with Crippen LogP contribution in [0.4, 0.5) is 0 Å². The fourth-order valence-electron chi connectivity index (χ4n) is 10.6. The Morgan fingerprint density at radius 2 is 0.314 bits per heavy atom. The number of carboxylic acids is 3. The molecule has 0 aliphatic rings. The molecule has 0 amide bonds. The number of rotatable bonds is 51. The molecule has 0 heterocycles. The summed E-state index contributed by atoms with van der Waals surface area (Å²) in [6, 6.07) is 0. The van der Waals surface area contributed by atoms with Gasteiger partial charge in [-0.25, -0.2) is 0 Å².